The lowest BCUT2D eigenvalue weighted by Crippen LogP contribution is -2.36. The van der Waals surface area contributed by atoms with Gasteiger partial charge in [-0.3, -0.25) is 14.4 Å². The van der Waals surface area contributed by atoms with Gasteiger partial charge in [-0.1, -0.05) is 18.6 Å². The van der Waals surface area contributed by atoms with E-state index in [-0.39, 0.29) is 12.5 Å². The third kappa shape index (κ3) is 6.10. The zero-order chi connectivity index (χ0) is 18.1. The van der Waals surface area contributed by atoms with Gasteiger partial charge in [-0.05, 0) is 31.9 Å². The minimum atomic E-state index is -0.580. The van der Waals surface area contributed by atoms with Gasteiger partial charge in [0.1, 0.15) is 12.3 Å². The van der Waals surface area contributed by atoms with Crippen LogP contribution in [0.5, 0.6) is 5.75 Å². The van der Waals surface area contributed by atoms with Gasteiger partial charge in [0.2, 0.25) is 5.91 Å². The van der Waals surface area contributed by atoms with Crippen molar-refractivity contribution in [2.24, 2.45) is 0 Å². The van der Waals surface area contributed by atoms with Crippen LogP contribution in [0.2, 0.25) is 0 Å². The Kier molecular flexibility index (Phi) is 7.25. The highest BCUT2D eigenvalue weighted by atomic mass is 16.5. The van der Waals surface area contributed by atoms with E-state index in [4.69, 9.17) is 9.47 Å². The number of rotatable bonds is 7. The molecule has 136 valence electrons. The molecule has 1 saturated heterocycles. The third-order valence-electron chi connectivity index (χ3n) is 3.82. The van der Waals surface area contributed by atoms with Crippen molar-refractivity contribution in [1.82, 2.24) is 4.90 Å². The van der Waals surface area contributed by atoms with Crippen molar-refractivity contribution in [3.8, 4) is 5.75 Å². The summed E-state index contributed by atoms with van der Waals surface area (Å²) in [5, 5.41) is 2.65. The molecule has 0 saturated carbocycles. The number of hydrogen-bond acceptors (Lipinski definition) is 5. The second-order valence-corrected chi connectivity index (χ2v) is 5.76. The van der Waals surface area contributed by atoms with E-state index in [1.54, 1.807) is 24.3 Å². The first-order valence-electron chi connectivity index (χ1n) is 8.55. The van der Waals surface area contributed by atoms with E-state index < -0.39 is 18.5 Å². The zero-order valence-electron chi connectivity index (χ0n) is 14.5. The second-order valence-electron chi connectivity index (χ2n) is 5.76. The molecule has 0 spiro atoms. The average molecular weight is 348 g/mol. The van der Waals surface area contributed by atoms with E-state index in [1.165, 1.54) is 4.90 Å². The van der Waals surface area contributed by atoms with Gasteiger partial charge in [0.15, 0.2) is 6.61 Å². The van der Waals surface area contributed by atoms with E-state index in [9.17, 15) is 14.4 Å². The number of hydrogen-bond donors (Lipinski definition) is 1. The van der Waals surface area contributed by atoms with Crippen LogP contribution in [0.25, 0.3) is 0 Å². The van der Waals surface area contributed by atoms with Crippen LogP contribution in [-0.4, -0.2) is 49.0 Å². The number of carbonyl (C=O) groups is 3. The predicted molar refractivity (Wildman–Crippen MR) is 92.2 cm³/mol. The van der Waals surface area contributed by atoms with Crippen LogP contribution in [0.15, 0.2) is 24.3 Å². The van der Waals surface area contributed by atoms with Crippen molar-refractivity contribution >= 4 is 23.5 Å². The number of anilines is 1. The summed E-state index contributed by atoms with van der Waals surface area (Å²) in [5.74, 6) is -0.518. The van der Waals surface area contributed by atoms with Crippen LogP contribution < -0.4 is 10.1 Å². The number of nitrogens with one attached hydrogen (secondary N) is 1. The molecular weight excluding hydrogens is 324 g/mol. The topological polar surface area (TPSA) is 84.9 Å². The van der Waals surface area contributed by atoms with Crippen molar-refractivity contribution in [2.75, 3.05) is 31.6 Å². The maximum Gasteiger partial charge on any atom is 0.326 e. The number of esters is 1. The van der Waals surface area contributed by atoms with Gasteiger partial charge in [0.25, 0.3) is 5.91 Å². The number of amides is 2. The molecule has 7 heteroatoms. The summed E-state index contributed by atoms with van der Waals surface area (Å²) in [5.41, 5.74) is 0.521. The van der Waals surface area contributed by atoms with E-state index in [1.807, 2.05) is 6.92 Å². The molecule has 1 fully saturated rings. The molecular formula is C18H24N2O5. The van der Waals surface area contributed by atoms with Gasteiger partial charge in [0, 0.05) is 13.0 Å². The van der Waals surface area contributed by atoms with Crippen LogP contribution >= 0.6 is 0 Å². The van der Waals surface area contributed by atoms with Crippen molar-refractivity contribution in [3.05, 3.63) is 24.3 Å². The lowest BCUT2D eigenvalue weighted by Gasteiger charge is -2.19. The molecule has 1 aromatic rings. The Bertz CT molecular complexity index is 617. The first-order chi connectivity index (χ1) is 12.1. The van der Waals surface area contributed by atoms with Crippen molar-refractivity contribution < 1.29 is 23.9 Å². The maximum absolute atomic E-state index is 12.0. The average Bonchev–Trinajstić information content (AvgIpc) is 2.80. The van der Waals surface area contributed by atoms with E-state index >= 15 is 0 Å². The fraction of sp³-hybridized carbons (Fsp3) is 0.500. The zero-order valence-corrected chi connectivity index (χ0v) is 14.5. The summed E-state index contributed by atoms with van der Waals surface area (Å²) in [6.45, 7) is 2.38. The van der Waals surface area contributed by atoms with Crippen molar-refractivity contribution in [2.45, 2.75) is 32.6 Å². The van der Waals surface area contributed by atoms with Gasteiger partial charge in [-0.2, -0.15) is 0 Å². The summed E-state index contributed by atoms with van der Waals surface area (Å²) < 4.78 is 10.4. The van der Waals surface area contributed by atoms with Gasteiger partial charge < -0.3 is 19.7 Å². The predicted octanol–water partition coefficient (Wildman–Crippen LogP) is 1.97. The molecule has 1 aliphatic rings. The largest absolute Gasteiger partial charge is 0.492 e. The molecule has 0 unspecified atom stereocenters. The summed E-state index contributed by atoms with van der Waals surface area (Å²) in [6, 6.07) is 7.03. The number of likely N-dealkylation sites (tertiary alicyclic amines) is 1. The van der Waals surface area contributed by atoms with E-state index in [0.29, 0.717) is 31.0 Å². The summed E-state index contributed by atoms with van der Waals surface area (Å²) >= 11 is 0. The van der Waals surface area contributed by atoms with Gasteiger partial charge in [-0.15, -0.1) is 0 Å². The Morgan fingerprint density at radius 1 is 1.20 bits per heavy atom. The van der Waals surface area contributed by atoms with Crippen LogP contribution in [0.1, 0.15) is 32.6 Å². The first kappa shape index (κ1) is 18.8. The van der Waals surface area contributed by atoms with Gasteiger partial charge >= 0.3 is 5.97 Å². The molecule has 0 atom stereocenters. The normalized spacial score (nSPS) is 14.6. The highest BCUT2D eigenvalue weighted by Crippen LogP contribution is 2.23. The summed E-state index contributed by atoms with van der Waals surface area (Å²) in [7, 11) is 0. The Morgan fingerprint density at radius 3 is 2.80 bits per heavy atom. The Labute approximate surface area is 147 Å². The number of benzene rings is 1. The number of ether oxygens (including phenoxy) is 2. The molecule has 0 aliphatic carbocycles. The Hall–Kier alpha value is -2.57. The Morgan fingerprint density at radius 2 is 2.00 bits per heavy atom. The van der Waals surface area contributed by atoms with E-state index in [0.717, 1.165) is 19.3 Å². The van der Waals surface area contributed by atoms with Crippen molar-refractivity contribution in [1.29, 1.82) is 0 Å². The molecule has 0 radical (unpaired) electrons. The molecule has 2 rings (SSSR count). The third-order valence-corrected chi connectivity index (χ3v) is 3.82. The Balaban J connectivity index is 1.79. The molecule has 1 aliphatic heterocycles. The molecule has 0 bridgehead atoms. The summed E-state index contributed by atoms with van der Waals surface area (Å²) in [6.07, 6.45) is 3.18. The minimum Gasteiger partial charge on any atom is -0.492 e. The van der Waals surface area contributed by atoms with Gasteiger partial charge in [0.05, 0.1) is 12.3 Å². The highest BCUT2D eigenvalue weighted by molar-refractivity contribution is 5.94. The van der Waals surface area contributed by atoms with Crippen LogP contribution in [0.4, 0.5) is 5.69 Å². The molecule has 7 nitrogen and oxygen atoms in total. The fourth-order valence-corrected chi connectivity index (χ4v) is 2.59. The molecule has 2 amide bonds. The molecule has 25 heavy (non-hydrogen) atoms. The number of carbonyl (C=O) groups excluding carboxylic acids is 3. The van der Waals surface area contributed by atoms with Crippen LogP contribution in [0, 0.1) is 0 Å². The first-order valence-corrected chi connectivity index (χ1v) is 8.55. The molecule has 1 aromatic carbocycles. The van der Waals surface area contributed by atoms with Crippen LogP contribution in [0.3, 0.4) is 0 Å². The van der Waals surface area contributed by atoms with E-state index in [2.05, 4.69) is 5.32 Å². The molecule has 1 heterocycles. The lowest BCUT2D eigenvalue weighted by molar-refractivity contribution is -0.151. The highest BCUT2D eigenvalue weighted by Gasteiger charge is 2.20. The minimum absolute atomic E-state index is 0.0375. The van der Waals surface area contributed by atoms with Gasteiger partial charge in [-0.25, -0.2) is 0 Å². The SMILES string of the molecule is CCOc1ccccc1NC(=O)COC(=O)CN1CCCCCC1=O. The maximum atomic E-state index is 12.0. The quantitative estimate of drug-likeness (QED) is 0.762. The standard InChI is InChI=1S/C18H24N2O5/c1-2-24-15-9-6-5-8-14(15)19-16(21)13-25-18(23)12-20-11-7-3-4-10-17(20)22/h5-6,8-9H,2-4,7,10-13H2,1H3,(H,19,21). The molecule has 0 aromatic heterocycles. The second kappa shape index (κ2) is 9.66. The smallest absolute Gasteiger partial charge is 0.326 e. The number of nitrogens with zero attached hydrogens (tertiary/aromatic N) is 1. The number of para-hydroxylation sites is 2. The van der Waals surface area contributed by atoms with Crippen LogP contribution in [-0.2, 0) is 19.1 Å². The lowest BCUT2D eigenvalue weighted by atomic mass is 10.2. The monoisotopic (exact) mass is 348 g/mol. The fourth-order valence-electron chi connectivity index (χ4n) is 2.59. The summed E-state index contributed by atoms with van der Waals surface area (Å²) in [4.78, 5) is 37.2. The molecule has 1 N–H and O–H groups in total. The van der Waals surface area contributed by atoms with Crippen molar-refractivity contribution in [3.63, 3.8) is 0 Å².